The van der Waals surface area contributed by atoms with Crippen molar-refractivity contribution in [2.24, 2.45) is 10.9 Å². The van der Waals surface area contributed by atoms with Crippen molar-refractivity contribution in [2.45, 2.75) is 18.9 Å². The maximum Gasteiger partial charge on any atom is 0.258 e. The molecule has 3 heterocycles. The topological polar surface area (TPSA) is 96.7 Å². The number of aromatic nitrogens is 2. The van der Waals surface area contributed by atoms with E-state index >= 15 is 0 Å². The van der Waals surface area contributed by atoms with Crippen LogP contribution in [0.4, 0.5) is 0 Å². The molecule has 1 aromatic heterocycles. The van der Waals surface area contributed by atoms with Gasteiger partial charge in [-0.15, -0.1) is 0 Å². The molecule has 2 aliphatic heterocycles. The van der Waals surface area contributed by atoms with Gasteiger partial charge in [-0.1, -0.05) is 22.8 Å². The molecule has 0 radical (unpaired) electrons. The van der Waals surface area contributed by atoms with E-state index in [0.29, 0.717) is 28.5 Å². The summed E-state index contributed by atoms with van der Waals surface area (Å²) >= 11 is 6.29. The van der Waals surface area contributed by atoms with Gasteiger partial charge in [-0.2, -0.15) is 0 Å². The average Bonchev–Trinajstić information content (AvgIpc) is 3.17. The lowest BCUT2D eigenvalue weighted by Crippen LogP contribution is -2.31. The zero-order chi connectivity index (χ0) is 16.1. The van der Waals surface area contributed by atoms with Gasteiger partial charge in [0.25, 0.3) is 5.91 Å². The highest BCUT2D eigenvalue weighted by atomic mass is 35.5. The Kier molecular flexibility index (Phi) is 3.05. The number of hydrogen-bond donors (Lipinski definition) is 2. The molecule has 0 spiro atoms. The molecule has 2 aliphatic rings. The van der Waals surface area contributed by atoms with Crippen LogP contribution in [0.1, 0.15) is 40.6 Å². The fourth-order valence-electron chi connectivity index (χ4n) is 3.48. The quantitative estimate of drug-likeness (QED) is 0.361. The van der Waals surface area contributed by atoms with E-state index in [1.54, 1.807) is 23.4 Å². The first-order chi connectivity index (χ1) is 11.1. The van der Waals surface area contributed by atoms with Crippen LogP contribution >= 0.6 is 11.6 Å². The van der Waals surface area contributed by atoms with E-state index in [-0.39, 0.29) is 17.8 Å². The smallest absolute Gasteiger partial charge is 0.258 e. The van der Waals surface area contributed by atoms with E-state index in [9.17, 15) is 4.79 Å². The lowest BCUT2D eigenvalue weighted by molar-refractivity contribution is 0.0738. The van der Waals surface area contributed by atoms with Crippen LogP contribution in [0.2, 0.25) is 5.02 Å². The van der Waals surface area contributed by atoms with Gasteiger partial charge in [0.15, 0.2) is 5.84 Å². The Labute approximate surface area is 137 Å². The molecule has 1 amide bonds. The van der Waals surface area contributed by atoms with E-state index < -0.39 is 0 Å². The van der Waals surface area contributed by atoms with Crippen molar-refractivity contribution in [1.29, 1.82) is 0 Å². The summed E-state index contributed by atoms with van der Waals surface area (Å²) in [7, 11) is 0. The third-order valence-corrected chi connectivity index (χ3v) is 4.76. The summed E-state index contributed by atoms with van der Waals surface area (Å²) in [5.41, 5.74) is 8.05. The van der Waals surface area contributed by atoms with Crippen molar-refractivity contribution in [3.8, 4) is 5.69 Å². The summed E-state index contributed by atoms with van der Waals surface area (Å²) in [6.07, 6.45) is 3.28. The van der Waals surface area contributed by atoms with E-state index in [1.165, 1.54) is 0 Å². The van der Waals surface area contributed by atoms with Crippen LogP contribution in [0, 0.1) is 0 Å². The number of hydrogen-bond acceptors (Lipinski definition) is 4. The second-order valence-electron chi connectivity index (χ2n) is 5.62. The van der Waals surface area contributed by atoms with Crippen LogP contribution in [0.5, 0.6) is 0 Å². The Balaban J connectivity index is 2.06. The highest BCUT2D eigenvalue weighted by Crippen LogP contribution is 2.41. The van der Waals surface area contributed by atoms with E-state index in [0.717, 1.165) is 18.5 Å². The molecule has 0 bridgehead atoms. The normalized spacial score (nSPS) is 20.0. The summed E-state index contributed by atoms with van der Waals surface area (Å²) in [6, 6.07) is 5.15. The molecule has 2 aromatic rings. The van der Waals surface area contributed by atoms with E-state index in [1.807, 2.05) is 10.6 Å². The average molecular weight is 332 g/mol. The maximum absolute atomic E-state index is 13.0. The molecular formula is C15H14ClN5O2. The van der Waals surface area contributed by atoms with Gasteiger partial charge in [0.05, 0.1) is 28.0 Å². The zero-order valence-electron chi connectivity index (χ0n) is 12.1. The van der Waals surface area contributed by atoms with E-state index in [4.69, 9.17) is 22.5 Å². The second kappa shape index (κ2) is 4.99. The number of amidine groups is 1. The molecule has 118 valence electrons. The molecule has 0 saturated carbocycles. The Morgan fingerprint density at radius 1 is 1.48 bits per heavy atom. The molecule has 23 heavy (non-hydrogen) atoms. The van der Waals surface area contributed by atoms with Crippen LogP contribution in [0.25, 0.3) is 5.69 Å². The maximum atomic E-state index is 13.0. The fraction of sp³-hybridized carbons (Fsp3) is 0.267. The number of imidazole rings is 1. The van der Waals surface area contributed by atoms with Gasteiger partial charge in [0.1, 0.15) is 12.0 Å². The van der Waals surface area contributed by atoms with Gasteiger partial charge < -0.3 is 15.8 Å². The number of benzene rings is 1. The Morgan fingerprint density at radius 2 is 2.30 bits per heavy atom. The second-order valence-corrected chi connectivity index (χ2v) is 6.03. The molecule has 1 fully saturated rings. The standard InChI is InChI=1S/C15H14ClN5O2/c16-8-3-1-4-9-11(8)15(22)20-6-2-5-10(20)13-12(14(17)19-23)18-7-21(9)13/h1,3-4,7,10,23H,2,5-6H2,(H2,17,19)/t10-/m0/s1. The SMILES string of the molecule is NC(=NO)c1ncn2c1[C@@H]1CCCN1C(=O)c1c(Cl)cccc1-2. The molecule has 1 saturated heterocycles. The van der Waals surface area contributed by atoms with Crippen molar-refractivity contribution in [3.05, 3.63) is 46.5 Å². The van der Waals surface area contributed by atoms with Gasteiger partial charge >= 0.3 is 0 Å². The zero-order valence-corrected chi connectivity index (χ0v) is 12.9. The molecule has 1 aromatic carbocycles. The van der Waals surface area contributed by atoms with Crippen LogP contribution in [-0.2, 0) is 0 Å². The summed E-state index contributed by atoms with van der Waals surface area (Å²) in [5.74, 6) is -0.161. The predicted octanol–water partition coefficient (Wildman–Crippen LogP) is 1.91. The third kappa shape index (κ3) is 1.86. The first-order valence-corrected chi connectivity index (χ1v) is 7.66. The van der Waals surface area contributed by atoms with Crippen LogP contribution < -0.4 is 5.73 Å². The molecular weight excluding hydrogens is 318 g/mol. The van der Waals surface area contributed by atoms with Gasteiger partial charge in [-0.05, 0) is 25.0 Å². The Bertz CT molecular complexity index is 844. The van der Waals surface area contributed by atoms with Gasteiger partial charge in [0.2, 0.25) is 0 Å². The molecule has 3 N–H and O–H groups in total. The fourth-order valence-corrected chi connectivity index (χ4v) is 3.73. The van der Waals surface area contributed by atoms with Crippen molar-refractivity contribution in [2.75, 3.05) is 6.54 Å². The number of nitrogens with zero attached hydrogens (tertiary/aromatic N) is 4. The van der Waals surface area contributed by atoms with Crippen molar-refractivity contribution in [3.63, 3.8) is 0 Å². The summed E-state index contributed by atoms with van der Waals surface area (Å²) in [6.45, 7) is 0.648. The van der Waals surface area contributed by atoms with Gasteiger partial charge in [0, 0.05) is 6.54 Å². The highest BCUT2D eigenvalue weighted by molar-refractivity contribution is 6.34. The number of carbonyl (C=O) groups excluding carboxylic acids is 1. The van der Waals surface area contributed by atoms with Crippen LogP contribution in [0.3, 0.4) is 0 Å². The molecule has 8 heteroatoms. The largest absolute Gasteiger partial charge is 0.409 e. The molecule has 7 nitrogen and oxygen atoms in total. The summed E-state index contributed by atoms with van der Waals surface area (Å²) < 4.78 is 1.82. The summed E-state index contributed by atoms with van der Waals surface area (Å²) in [5, 5.41) is 12.5. The molecule has 0 unspecified atom stereocenters. The van der Waals surface area contributed by atoms with Crippen molar-refractivity contribution >= 4 is 23.3 Å². The number of carbonyl (C=O) groups is 1. The minimum Gasteiger partial charge on any atom is -0.409 e. The van der Waals surface area contributed by atoms with Crippen LogP contribution in [-0.4, -0.2) is 37.9 Å². The minimum absolute atomic E-state index is 0.0662. The molecule has 0 aliphatic carbocycles. The summed E-state index contributed by atoms with van der Waals surface area (Å²) in [4.78, 5) is 19.0. The van der Waals surface area contributed by atoms with Crippen molar-refractivity contribution < 1.29 is 10.0 Å². The van der Waals surface area contributed by atoms with Gasteiger partial charge in [-0.25, -0.2) is 4.98 Å². The predicted molar refractivity (Wildman–Crippen MR) is 84.1 cm³/mol. The number of nitrogens with two attached hydrogens (primary N) is 1. The number of oxime groups is 1. The van der Waals surface area contributed by atoms with Crippen molar-refractivity contribution in [1.82, 2.24) is 14.5 Å². The first kappa shape index (κ1) is 14.1. The number of rotatable bonds is 1. The van der Waals surface area contributed by atoms with Gasteiger partial charge in [-0.3, -0.25) is 9.36 Å². The number of fused-ring (bicyclic) bond motifs is 5. The molecule has 4 rings (SSSR count). The third-order valence-electron chi connectivity index (χ3n) is 4.45. The lowest BCUT2D eigenvalue weighted by atomic mass is 10.1. The highest BCUT2D eigenvalue weighted by Gasteiger charge is 2.40. The molecule has 1 atom stereocenters. The lowest BCUT2D eigenvalue weighted by Gasteiger charge is -2.23. The van der Waals surface area contributed by atoms with E-state index in [2.05, 4.69) is 10.1 Å². The Hall–Kier alpha value is -2.54. The Morgan fingerprint density at radius 3 is 3.09 bits per heavy atom. The number of amides is 1. The first-order valence-electron chi connectivity index (χ1n) is 7.28. The minimum atomic E-state index is -0.163. The van der Waals surface area contributed by atoms with Crippen LogP contribution in [0.15, 0.2) is 29.7 Å². The monoisotopic (exact) mass is 331 g/mol. The number of halogens is 1.